The average Bonchev–Trinajstić information content (AvgIpc) is 2.42. The number of benzene rings is 2. The smallest absolute Gasteiger partial charge is 0.119 e. The minimum atomic E-state index is 0.0631. The number of hydrogen-bond donors (Lipinski definition) is 0. The van der Waals surface area contributed by atoms with E-state index < -0.39 is 0 Å². The van der Waals surface area contributed by atoms with Crippen LogP contribution in [0.25, 0.3) is 0 Å². The summed E-state index contributed by atoms with van der Waals surface area (Å²) in [5.74, 6) is 0.881. The number of ether oxygens (including phenoxy) is 1. The number of halogens is 3. The Balaban J connectivity index is 2.28. The van der Waals surface area contributed by atoms with Crippen LogP contribution in [0.5, 0.6) is 5.75 Å². The Morgan fingerprint density at radius 1 is 1.16 bits per heavy atom. The molecule has 2 aromatic carbocycles. The predicted molar refractivity (Wildman–Crippen MR) is 87.5 cm³/mol. The van der Waals surface area contributed by atoms with Gasteiger partial charge in [0.15, 0.2) is 0 Å². The van der Waals surface area contributed by atoms with E-state index in [1.54, 1.807) is 0 Å². The molecule has 0 N–H and O–H groups in total. The van der Waals surface area contributed by atoms with Crippen LogP contribution in [-0.4, -0.2) is 6.61 Å². The highest BCUT2D eigenvalue weighted by Crippen LogP contribution is 2.38. The van der Waals surface area contributed by atoms with E-state index in [9.17, 15) is 0 Å². The molecule has 0 aromatic heterocycles. The maximum atomic E-state index is 6.32. The summed E-state index contributed by atoms with van der Waals surface area (Å²) in [6.07, 6.45) is 0. The van der Waals surface area contributed by atoms with Crippen molar-refractivity contribution in [3.63, 3.8) is 0 Å². The quantitative estimate of drug-likeness (QED) is 0.569. The van der Waals surface area contributed by atoms with Gasteiger partial charge < -0.3 is 4.74 Å². The molecule has 0 aliphatic rings. The Kier molecular flexibility index (Phi) is 5.31. The molecule has 0 fully saturated rings. The van der Waals surface area contributed by atoms with Gasteiger partial charge >= 0.3 is 0 Å². The van der Waals surface area contributed by atoms with E-state index in [4.69, 9.17) is 16.3 Å². The van der Waals surface area contributed by atoms with Crippen molar-refractivity contribution in [1.82, 2.24) is 0 Å². The molecule has 1 nitrogen and oxygen atoms in total. The Morgan fingerprint density at radius 3 is 2.47 bits per heavy atom. The molecule has 1 unspecified atom stereocenters. The van der Waals surface area contributed by atoms with E-state index in [1.165, 1.54) is 0 Å². The van der Waals surface area contributed by atoms with Crippen LogP contribution in [0.3, 0.4) is 0 Å². The molecule has 2 rings (SSSR count). The zero-order valence-electron chi connectivity index (χ0n) is 10.4. The highest BCUT2D eigenvalue weighted by atomic mass is 79.9. The Labute approximate surface area is 135 Å². The van der Waals surface area contributed by atoms with Gasteiger partial charge in [-0.15, -0.1) is 0 Å². The van der Waals surface area contributed by atoms with E-state index in [0.29, 0.717) is 6.61 Å². The summed E-state index contributed by atoms with van der Waals surface area (Å²) in [6, 6.07) is 14.0. The van der Waals surface area contributed by atoms with E-state index >= 15 is 0 Å². The SMILES string of the molecule is CCOc1ccc(C(Br)c2cccc(Br)c2Cl)cc1. The standard InChI is InChI=1S/C15H13Br2ClO/c1-2-19-11-8-6-10(7-9-11)14(17)12-4-3-5-13(16)15(12)18/h3-9,14H,2H2,1H3. The molecular weight excluding hydrogens is 391 g/mol. The van der Waals surface area contributed by atoms with Crippen molar-refractivity contribution >= 4 is 43.5 Å². The van der Waals surface area contributed by atoms with Crippen molar-refractivity contribution in [3.8, 4) is 5.75 Å². The largest absolute Gasteiger partial charge is 0.494 e. The third-order valence-electron chi connectivity index (χ3n) is 2.74. The Morgan fingerprint density at radius 2 is 1.84 bits per heavy atom. The topological polar surface area (TPSA) is 9.23 Å². The van der Waals surface area contributed by atoms with Crippen molar-refractivity contribution in [3.05, 3.63) is 63.1 Å². The van der Waals surface area contributed by atoms with Gasteiger partial charge in [0.1, 0.15) is 5.75 Å². The molecule has 0 spiro atoms. The van der Waals surface area contributed by atoms with Gasteiger partial charge in [0.2, 0.25) is 0 Å². The van der Waals surface area contributed by atoms with Crippen LogP contribution < -0.4 is 4.74 Å². The molecule has 1 atom stereocenters. The summed E-state index contributed by atoms with van der Waals surface area (Å²) in [5, 5.41) is 0.734. The first-order chi connectivity index (χ1) is 9.13. The van der Waals surface area contributed by atoms with Gasteiger partial charge in [-0.2, -0.15) is 0 Å². The van der Waals surface area contributed by atoms with Crippen LogP contribution in [0.4, 0.5) is 0 Å². The number of hydrogen-bond acceptors (Lipinski definition) is 1. The Bertz CT molecular complexity index is 555. The minimum absolute atomic E-state index is 0.0631. The fourth-order valence-corrected chi connectivity index (χ4v) is 3.23. The van der Waals surface area contributed by atoms with E-state index in [1.807, 2.05) is 49.4 Å². The van der Waals surface area contributed by atoms with Gasteiger partial charge in [-0.25, -0.2) is 0 Å². The van der Waals surface area contributed by atoms with Crippen molar-refractivity contribution in [1.29, 1.82) is 0 Å². The highest BCUT2D eigenvalue weighted by Gasteiger charge is 2.15. The molecule has 0 saturated carbocycles. The minimum Gasteiger partial charge on any atom is -0.494 e. The van der Waals surface area contributed by atoms with E-state index in [0.717, 1.165) is 26.4 Å². The maximum absolute atomic E-state index is 6.32. The molecule has 0 heterocycles. The first-order valence-corrected chi connectivity index (χ1v) is 8.03. The van der Waals surface area contributed by atoms with Crippen molar-refractivity contribution in [2.75, 3.05) is 6.61 Å². The zero-order valence-corrected chi connectivity index (χ0v) is 14.3. The lowest BCUT2D eigenvalue weighted by molar-refractivity contribution is 0.340. The molecule has 0 amide bonds. The van der Waals surface area contributed by atoms with Crippen molar-refractivity contribution in [2.24, 2.45) is 0 Å². The van der Waals surface area contributed by atoms with Crippen LogP contribution in [0.15, 0.2) is 46.9 Å². The first-order valence-electron chi connectivity index (χ1n) is 5.94. The monoisotopic (exact) mass is 402 g/mol. The molecule has 0 aliphatic carbocycles. The highest BCUT2D eigenvalue weighted by molar-refractivity contribution is 9.10. The molecule has 100 valence electrons. The lowest BCUT2D eigenvalue weighted by Crippen LogP contribution is -1.95. The summed E-state index contributed by atoms with van der Waals surface area (Å²) >= 11 is 13.5. The number of alkyl halides is 1. The summed E-state index contributed by atoms with van der Waals surface area (Å²) in [4.78, 5) is 0.0631. The summed E-state index contributed by atoms with van der Waals surface area (Å²) < 4.78 is 6.34. The van der Waals surface area contributed by atoms with E-state index in [-0.39, 0.29) is 4.83 Å². The molecule has 4 heteroatoms. The first kappa shape index (κ1) is 14.9. The fourth-order valence-electron chi connectivity index (χ4n) is 1.80. The van der Waals surface area contributed by atoms with Crippen LogP contribution in [0.2, 0.25) is 5.02 Å². The Hall–Kier alpha value is -0.510. The van der Waals surface area contributed by atoms with Crippen LogP contribution in [-0.2, 0) is 0 Å². The average molecular weight is 405 g/mol. The third kappa shape index (κ3) is 3.53. The van der Waals surface area contributed by atoms with Gasteiger partial charge in [-0.1, -0.05) is 51.8 Å². The van der Waals surface area contributed by atoms with Crippen molar-refractivity contribution < 1.29 is 4.74 Å². The summed E-state index contributed by atoms with van der Waals surface area (Å²) in [6.45, 7) is 2.65. The van der Waals surface area contributed by atoms with Gasteiger partial charge in [0.25, 0.3) is 0 Å². The van der Waals surface area contributed by atoms with Gasteiger partial charge in [-0.05, 0) is 52.2 Å². The zero-order chi connectivity index (χ0) is 13.8. The summed E-state index contributed by atoms with van der Waals surface area (Å²) in [5.41, 5.74) is 2.18. The van der Waals surface area contributed by atoms with Crippen LogP contribution in [0, 0.1) is 0 Å². The lowest BCUT2D eigenvalue weighted by atomic mass is 10.0. The molecule has 2 aromatic rings. The molecule has 0 aliphatic heterocycles. The van der Waals surface area contributed by atoms with E-state index in [2.05, 4.69) is 31.9 Å². The van der Waals surface area contributed by atoms with Crippen LogP contribution >= 0.6 is 43.5 Å². The third-order valence-corrected chi connectivity index (χ3v) is 5.07. The second-order valence-electron chi connectivity index (χ2n) is 4.01. The van der Waals surface area contributed by atoms with Gasteiger partial charge in [0, 0.05) is 4.47 Å². The molecule has 0 radical (unpaired) electrons. The maximum Gasteiger partial charge on any atom is 0.119 e. The predicted octanol–water partition coefficient (Wildman–Crippen LogP) is 5.99. The fraction of sp³-hybridized carbons (Fsp3) is 0.200. The van der Waals surface area contributed by atoms with Gasteiger partial charge in [-0.3, -0.25) is 0 Å². The molecule has 0 saturated heterocycles. The second-order valence-corrected chi connectivity index (χ2v) is 6.16. The second kappa shape index (κ2) is 6.78. The lowest BCUT2D eigenvalue weighted by Gasteiger charge is -2.14. The molecular formula is C15H13Br2ClO. The normalized spacial score (nSPS) is 12.2. The molecule has 19 heavy (non-hydrogen) atoms. The number of rotatable bonds is 4. The van der Waals surface area contributed by atoms with Crippen LogP contribution in [0.1, 0.15) is 22.9 Å². The molecule has 0 bridgehead atoms. The van der Waals surface area contributed by atoms with Crippen molar-refractivity contribution in [2.45, 2.75) is 11.8 Å². The van der Waals surface area contributed by atoms with Gasteiger partial charge in [0.05, 0.1) is 16.5 Å². The summed E-state index contributed by atoms with van der Waals surface area (Å²) in [7, 11) is 0.